The molecule has 0 saturated carbocycles. The monoisotopic (exact) mass is 1620 g/mol. The number of amides is 1. The number of aromatic nitrogens is 2. The number of likely N-dealkylation sites (N-methyl/N-ethyl adjacent to an activating group) is 1. The fraction of sp³-hybridized carbons (Fsp3) is 0.202. The van der Waals surface area contributed by atoms with Crippen LogP contribution < -0.4 is 31.2 Å². The highest BCUT2D eigenvalue weighted by molar-refractivity contribution is 7.18. The molecule has 1 amide bonds. The van der Waals surface area contributed by atoms with Gasteiger partial charge in [0.2, 0.25) is 0 Å². The highest BCUT2D eigenvalue weighted by atomic mass is 32.1. The zero-order chi connectivity index (χ0) is 85.6. The lowest BCUT2D eigenvalue weighted by Gasteiger charge is -2.24. The standard InChI is InChI=1S/C28H22N2O2.C25H25N3O3.C23H29N7O4S.C18H11NO3/c1-17-7-11-19(12-8-17)29-23-15-16-24(30-20-13-9-18(2)10-14-20)26-25(23)27(31)21-5-3-4-6-22(21)28(26)32;1-16-19(23(29)28(26-16)18-9-7-6-8-10-18)12-14-22-25(2,3)20-15-17(24(30)31-5)11-13-21(20)27(22)4;1-14-16(12-24)20(26-8-6-10-32-3)28-21(27-9-7-11-33-4)18(14)29-30-22-17(13-25)15(2)19(35-22)23(31)34-5;20-14-9-10-5-1-4-8-13(10)19-16(14)15-17(21)11-6-2-3-7-12(11)18(15)22/h3-16,29-30H,1-2H3;6-15H,1-5H3;6-11H2,1-5H3,(H2,26,27,28);1-9,20-21H/b;19-12+,22-14-;;. The molecule has 2 aliphatic carbocycles. The number of hydrogen-bond acceptors (Lipinski definition) is 25. The molecule has 4 aliphatic rings. The summed E-state index contributed by atoms with van der Waals surface area (Å²) in [5.41, 5.74) is 15.9. The molecule has 6 N–H and O–H groups in total. The number of benzene rings is 8. The lowest BCUT2D eigenvalue weighted by atomic mass is 9.82. The molecular formula is C94H87N13O12S. The van der Waals surface area contributed by atoms with E-state index in [1.54, 1.807) is 94.8 Å². The maximum absolute atomic E-state index is 13.5. The molecule has 0 fully saturated rings. The first-order chi connectivity index (χ1) is 57.8. The van der Waals surface area contributed by atoms with Crippen molar-refractivity contribution in [1.29, 1.82) is 10.5 Å². The number of nitrogens with zero attached hydrogens (tertiary/aromatic N) is 9. The predicted molar refractivity (Wildman–Crippen MR) is 468 cm³/mol. The van der Waals surface area contributed by atoms with E-state index in [2.05, 4.69) is 77.5 Å². The molecule has 3 aromatic heterocycles. The number of pyridine rings is 2. The third-order valence-corrected chi connectivity index (χ3v) is 21.7. The van der Waals surface area contributed by atoms with Gasteiger partial charge in [-0.2, -0.15) is 20.6 Å². The summed E-state index contributed by atoms with van der Waals surface area (Å²) in [6, 6.07) is 61.5. The second kappa shape index (κ2) is 37.6. The number of carbonyl (C=O) groups excluding carboxylic acids is 6. The quantitative estimate of drug-likeness (QED) is 0.0168. The third kappa shape index (κ3) is 17.9. The highest BCUT2D eigenvalue weighted by Crippen LogP contribution is 2.48. The maximum atomic E-state index is 13.5. The number of para-hydroxylation sites is 2. The zero-order valence-corrected chi connectivity index (χ0v) is 69.0. The molecule has 0 unspecified atom stereocenters. The summed E-state index contributed by atoms with van der Waals surface area (Å²) in [5.74, 6) is -1.07. The molecule has 0 saturated heterocycles. The van der Waals surface area contributed by atoms with Gasteiger partial charge in [0.1, 0.15) is 45.7 Å². The van der Waals surface area contributed by atoms with Crippen LogP contribution in [0.25, 0.3) is 22.2 Å². The number of aliphatic hydroxyl groups excluding tert-OH is 1. The normalized spacial score (nSPS) is 14.0. The first-order valence-corrected chi connectivity index (χ1v) is 39.1. The Morgan fingerprint density at radius 3 is 1.69 bits per heavy atom. The number of methoxy groups -OCH3 is 4. The fourth-order valence-corrected chi connectivity index (χ4v) is 15.1. The number of fused-ring (bicyclic) bond motifs is 5. The summed E-state index contributed by atoms with van der Waals surface area (Å²) < 4.78 is 19.8. The van der Waals surface area contributed by atoms with Gasteiger partial charge in [0.25, 0.3) is 5.91 Å². The van der Waals surface area contributed by atoms with E-state index >= 15 is 0 Å². The van der Waals surface area contributed by atoms with Crippen molar-refractivity contribution in [3.8, 4) is 17.9 Å². The van der Waals surface area contributed by atoms with Crippen molar-refractivity contribution < 1.29 is 57.9 Å². The average Bonchev–Trinajstić information content (AvgIpc) is 1.56. The third-order valence-electron chi connectivity index (χ3n) is 20.5. The number of aryl methyl sites for hydroxylation is 2. The number of hydrogen-bond donors (Lipinski definition) is 6. The molecule has 8 aromatic carbocycles. The van der Waals surface area contributed by atoms with Crippen molar-refractivity contribution in [3.05, 3.63) is 300 Å². The fourth-order valence-electron chi connectivity index (χ4n) is 14.1. The minimum atomic E-state index is -0.542. The molecule has 0 atom stereocenters. The topological polar surface area (TPSA) is 345 Å². The Morgan fingerprint density at radius 1 is 0.592 bits per heavy atom. The lowest BCUT2D eigenvalue weighted by Crippen LogP contribution is -2.23. The molecule has 0 bridgehead atoms. The first kappa shape index (κ1) is 84.8. The number of aliphatic hydroxyl groups is 1. The Hall–Kier alpha value is -14.6. The van der Waals surface area contributed by atoms with E-state index < -0.39 is 5.97 Å². The molecule has 5 heterocycles. The van der Waals surface area contributed by atoms with Crippen molar-refractivity contribution in [1.82, 2.24) is 9.97 Å². The zero-order valence-electron chi connectivity index (χ0n) is 68.2. The van der Waals surface area contributed by atoms with Gasteiger partial charge in [0, 0.05) is 109 Å². The minimum absolute atomic E-state index is 0.0458. The predicted octanol–water partition coefficient (Wildman–Crippen LogP) is 19.2. The molecule has 0 radical (unpaired) electrons. The molecule has 15 rings (SSSR count). The first-order valence-electron chi connectivity index (χ1n) is 38.3. The van der Waals surface area contributed by atoms with Crippen LogP contribution in [-0.4, -0.2) is 123 Å². The van der Waals surface area contributed by atoms with Gasteiger partial charge in [-0.1, -0.05) is 134 Å². The van der Waals surface area contributed by atoms with Gasteiger partial charge in [-0.25, -0.2) is 19.6 Å². The van der Waals surface area contributed by atoms with Crippen molar-refractivity contribution in [2.75, 3.05) is 93.0 Å². The van der Waals surface area contributed by atoms with Gasteiger partial charge < -0.3 is 55.3 Å². The molecule has 120 heavy (non-hydrogen) atoms. The maximum Gasteiger partial charge on any atom is 0.348 e. The largest absolute Gasteiger partial charge is 0.506 e. The van der Waals surface area contributed by atoms with Crippen LogP contribution in [0.4, 0.5) is 56.4 Å². The summed E-state index contributed by atoms with van der Waals surface area (Å²) in [4.78, 5) is 88.0. The van der Waals surface area contributed by atoms with E-state index in [0.717, 1.165) is 74.7 Å². The van der Waals surface area contributed by atoms with Gasteiger partial charge in [-0.05, 0) is 150 Å². The van der Waals surface area contributed by atoms with Crippen LogP contribution in [0, 0.1) is 50.4 Å². The Labute approximate surface area is 698 Å². The molecule has 606 valence electrons. The van der Waals surface area contributed by atoms with Crippen LogP contribution in [-0.2, 0) is 29.2 Å². The highest BCUT2D eigenvalue weighted by Gasteiger charge is 2.40. The summed E-state index contributed by atoms with van der Waals surface area (Å²) in [7, 11) is 7.91. The molecule has 11 aromatic rings. The number of nitrogens with one attached hydrogen (secondary N) is 4. The number of carbonyl (C=O) groups is 6. The number of thiophene rings is 1. The number of esters is 2. The second-order valence-corrected chi connectivity index (χ2v) is 29.8. The van der Waals surface area contributed by atoms with Gasteiger partial charge in [-0.3, -0.25) is 19.2 Å². The van der Waals surface area contributed by atoms with Gasteiger partial charge in [0.15, 0.2) is 28.2 Å². The Bertz CT molecular complexity index is 6010. The van der Waals surface area contributed by atoms with E-state index in [-0.39, 0.29) is 68.0 Å². The number of rotatable bonds is 21. The molecule has 2 aliphatic heterocycles. The van der Waals surface area contributed by atoms with Gasteiger partial charge in [-0.15, -0.1) is 21.6 Å². The molecule has 0 spiro atoms. The number of hydrazone groups is 1. The minimum Gasteiger partial charge on any atom is -0.506 e. The van der Waals surface area contributed by atoms with Crippen molar-refractivity contribution in [3.63, 3.8) is 0 Å². The van der Waals surface area contributed by atoms with Crippen LogP contribution >= 0.6 is 11.3 Å². The van der Waals surface area contributed by atoms with Gasteiger partial charge in [0.05, 0.1) is 81.5 Å². The van der Waals surface area contributed by atoms with E-state index in [4.69, 9.17) is 18.9 Å². The Morgan fingerprint density at radius 2 is 1.13 bits per heavy atom. The number of allylic oxidation sites excluding steroid dienone is 4. The summed E-state index contributed by atoms with van der Waals surface area (Å²) in [5, 5.41) is 68.6. The van der Waals surface area contributed by atoms with Crippen LogP contribution in [0.3, 0.4) is 0 Å². The van der Waals surface area contributed by atoms with Crippen molar-refractivity contribution in [2.24, 2.45) is 15.3 Å². The number of anilines is 8. The molecule has 26 heteroatoms. The number of aromatic hydroxyl groups is 1. The average molecular weight is 1620 g/mol. The van der Waals surface area contributed by atoms with E-state index in [0.29, 0.717) is 132 Å². The molecular weight excluding hydrogens is 1540 g/mol. The number of Topliss-reactive ketones (excluding diaryl/α,β-unsaturated/α-hetero) is 1. The SMILES string of the molecule is COC(=O)c1ccc2c(c1)C(C)(C)/C(=C/C=C1/C(=O)N(c3ccccc3)N=C1C)N2C.COCCCNc1nc(NCCCOC)c(N=Nc2sc(C(=O)OC)c(C)c2C#N)c(C)c1C#N.Cc1ccc(Nc2ccc(Nc3ccc(C)cc3)c3c2C(=O)c2ccccc2C3=O)cc1.O=C1C(c2nc3ccccc3cc2O)=C(O)c2ccccc21. The van der Waals surface area contributed by atoms with Gasteiger partial charge >= 0.3 is 11.9 Å². The summed E-state index contributed by atoms with van der Waals surface area (Å²) in [6.45, 7) is 15.8. The summed E-state index contributed by atoms with van der Waals surface area (Å²) >= 11 is 1.02. The Balaban J connectivity index is 0.000000148. The van der Waals surface area contributed by atoms with Crippen LogP contribution in [0.2, 0.25) is 0 Å². The second-order valence-electron chi connectivity index (χ2n) is 28.8. The Kier molecular flexibility index (Phi) is 26.6. The van der Waals surface area contributed by atoms with Crippen molar-refractivity contribution >= 4 is 131 Å². The van der Waals surface area contributed by atoms with E-state index in [1.165, 1.54) is 19.2 Å². The van der Waals surface area contributed by atoms with E-state index in [9.17, 15) is 49.5 Å². The van der Waals surface area contributed by atoms with Crippen LogP contribution in [0.15, 0.2) is 227 Å². The number of ketones is 3. The van der Waals surface area contributed by atoms with Crippen molar-refractivity contribution in [2.45, 2.75) is 66.7 Å². The number of ether oxygens (including phenoxy) is 4. The van der Waals surface area contributed by atoms with Crippen LogP contribution in [0.1, 0.15) is 146 Å². The van der Waals surface area contributed by atoms with Crippen LogP contribution in [0.5, 0.6) is 5.75 Å². The lowest BCUT2D eigenvalue weighted by molar-refractivity contribution is -0.114. The summed E-state index contributed by atoms with van der Waals surface area (Å²) in [6.07, 6.45) is 5.29. The smallest absolute Gasteiger partial charge is 0.348 e. The molecule has 25 nitrogen and oxygen atoms in total. The number of nitriles is 2. The van der Waals surface area contributed by atoms with E-state index in [1.807, 2.05) is 161 Å². The number of azo groups is 1.